The van der Waals surface area contributed by atoms with Crippen LogP contribution in [0.3, 0.4) is 0 Å². The molecule has 1 fully saturated rings. The Kier molecular flexibility index (Phi) is 10.1. The first-order chi connectivity index (χ1) is 11.7. The Bertz CT molecular complexity index is 570. The molecular formula is C20H26Cl2F2N2. The molecule has 0 aliphatic carbocycles. The summed E-state index contributed by atoms with van der Waals surface area (Å²) >= 11 is 0. The Morgan fingerprint density at radius 1 is 0.577 bits per heavy atom. The number of piperazine rings is 1. The topological polar surface area (TPSA) is 6.48 Å². The molecule has 0 aromatic heterocycles. The maximum absolute atomic E-state index is 12.9. The van der Waals surface area contributed by atoms with Crippen molar-refractivity contribution < 1.29 is 8.78 Å². The van der Waals surface area contributed by atoms with Crippen LogP contribution in [0.25, 0.3) is 0 Å². The van der Waals surface area contributed by atoms with Crippen LogP contribution in [0.1, 0.15) is 11.1 Å². The first-order valence-electron chi connectivity index (χ1n) is 8.63. The first kappa shape index (κ1) is 22.8. The average molecular weight is 403 g/mol. The van der Waals surface area contributed by atoms with Crippen LogP contribution in [0.15, 0.2) is 48.5 Å². The lowest BCUT2D eigenvalue weighted by atomic mass is 10.1. The molecule has 3 rings (SSSR count). The number of hydrogen-bond acceptors (Lipinski definition) is 2. The second kappa shape index (κ2) is 11.5. The molecule has 2 aromatic carbocycles. The minimum absolute atomic E-state index is 0. The van der Waals surface area contributed by atoms with Crippen LogP contribution >= 0.6 is 24.8 Å². The molecular weight excluding hydrogens is 377 g/mol. The zero-order valence-electron chi connectivity index (χ0n) is 14.7. The van der Waals surface area contributed by atoms with Crippen LogP contribution in [0.5, 0.6) is 0 Å². The molecule has 0 unspecified atom stereocenters. The van der Waals surface area contributed by atoms with E-state index in [2.05, 4.69) is 9.80 Å². The van der Waals surface area contributed by atoms with Gasteiger partial charge in [0.2, 0.25) is 0 Å². The van der Waals surface area contributed by atoms with Crippen LogP contribution in [0.4, 0.5) is 8.78 Å². The van der Waals surface area contributed by atoms with Gasteiger partial charge in [0.1, 0.15) is 11.6 Å². The Morgan fingerprint density at radius 3 is 1.19 bits per heavy atom. The van der Waals surface area contributed by atoms with Crippen molar-refractivity contribution in [1.82, 2.24) is 9.80 Å². The van der Waals surface area contributed by atoms with Crippen molar-refractivity contribution in [2.45, 2.75) is 12.8 Å². The van der Waals surface area contributed by atoms with Crippen molar-refractivity contribution in [2.75, 3.05) is 39.3 Å². The molecule has 0 saturated carbocycles. The summed E-state index contributed by atoms with van der Waals surface area (Å²) in [6, 6.07) is 13.6. The van der Waals surface area contributed by atoms with E-state index in [1.807, 2.05) is 24.3 Å². The molecule has 1 aliphatic rings. The zero-order valence-corrected chi connectivity index (χ0v) is 16.4. The Labute approximate surface area is 167 Å². The van der Waals surface area contributed by atoms with Crippen LogP contribution in [-0.4, -0.2) is 49.1 Å². The summed E-state index contributed by atoms with van der Waals surface area (Å²) in [7, 11) is 0. The standard InChI is InChI=1S/C20H24F2N2.2ClH/c21-19-5-1-17(2-6-19)9-11-23-13-15-24(16-14-23)12-10-18-3-7-20(22)8-4-18;;/h1-8H,9-16H2;2*1H. The van der Waals surface area contributed by atoms with E-state index in [-0.39, 0.29) is 36.4 Å². The summed E-state index contributed by atoms with van der Waals surface area (Å²) in [4.78, 5) is 4.94. The van der Waals surface area contributed by atoms with Crippen molar-refractivity contribution in [1.29, 1.82) is 0 Å². The Hall–Kier alpha value is -1.20. The number of halogens is 4. The predicted molar refractivity (Wildman–Crippen MR) is 108 cm³/mol. The molecule has 26 heavy (non-hydrogen) atoms. The Balaban J connectivity index is 0.00000169. The number of rotatable bonds is 6. The van der Waals surface area contributed by atoms with E-state index in [1.165, 1.54) is 35.4 Å². The maximum atomic E-state index is 12.9. The molecule has 144 valence electrons. The molecule has 2 nitrogen and oxygen atoms in total. The smallest absolute Gasteiger partial charge is 0.123 e. The van der Waals surface area contributed by atoms with Gasteiger partial charge in [-0.2, -0.15) is 0 Å². The molecule has 0 radical (unpaired) electrons. The highest BCUT2D eigenvalue weighted by Gasteiger charge is 2.16. The first-order valence-corrected chi connectivity index (χ1v) is 8.63. The normalized spacial score (nSPS) is 15.2. The number of benzene rings is 2. The molecule has 0 bridgehead atoms. The van der Waals surface area contributed by atoms with Gasteiger partial charge in [-0.25, -0.2) is 8.78 Å². The van der Waals surface area contributed by atoms with Crippen LogP contribution in [0, 0.1) is 11.6 Å². The van der Waals surface area contributed by atoms with Crippen LogP contribution < -0.4 is 0 Å². The average Bonchev–Trinajstić information content (AvgIpc) is 2.62. The van der Waals surface area contributed by atoms with Crippen molar-refractivity contribution >= 4 is 24.8 Å². The lowest BCUT2D eigenvalue weighted by Gasteiger charge is -2.34. The zero-order chi connectivity index (χ0) is 16.8. The van der Waals surface area contributed by atoms with E-state index in [1.54, 1.807) is 0 Å². The van der Waals surface area contributed by atoms with Gasteiger partial charge in [0.15, 0.2) is 0 Å². The van der Waals surface area contributed by atoms with E-state index in [4.69, 9.17) is 0 Å². The molecule has 2 aromatic rings. The van der Waals surface area contributed by atoms with E-state index in [0.717, 1.165) is 52.1 Å². The van der Waals surface area contributed by atoms with Crippen molar-refractivity contribution in [2.24, 2.45) is 0 Å². The second-order valence-electron chi connectivity index (χ2n) is 6.44. The summed E-state index contributed by atoms with van der Waals surface area (Å²) in [6.45, 7) is 6.35. The lowest BCUT2D eigenvalue weighted by Crippen LogP contribution is -2.47. The largest absolute Gasteiger partial charge is 0.300 e. The van der Waals surface area contributed by atoms with Crippen molar-refractivity contribution in [3.63, 3.8) is 0 Å². The monoisotopic (exact) mass is 402 g/mol. The molecule has 0 N–H and O–H groups in total. The maximum Gasteiger partial charge on any atom is 0.123 e. The van der Waals surface area contributed by atoms with Gasteiger partial charge >= 0.3 is 0 Å². The van der Waals surface area contributed by atoms with Gasteiger partial charge in [-0.3, -0.25) is 0 Å². The molecule has 0 spiro atoms. The number of hydrogen-bond donors (Lipinski definition) is 0. The molecule has 1 aliphatic heterocycles. The molecule has 0 atom stereocenters. The minimum atomic E-state index is -0.173. The third-order valence-electron chi connectivity index (χ3n) is 4.72. The van der Waals surface area contributed by atoms with Gasteiger partial charge in [0.05, 0.1) is 0 Å². The Morgan fingerprint density at radius 2 is 0.885 bits per heavy atom. The third kappa shape index (κ3) is 7.20. The minimum Gasteiger partial charge on any atom is -0.300 e. The highest BCUT2D eigenvalue weighted by molar-refractivity contribution is 5.85. The van der Waals surface area contributed by atoms with Gasteiger partial charge in [-0.1, -0.05) is 24.3 Å². The highest BCUT2D eigenvalue weighted by Crippen LogP contribution is 2.09. The summed E-state index contributed by atoms with van der Waals surface area (Å²) in [6.07, 6.45) is 1.94. The van der Waals surface area contributed by atoms with E-state index in [9.17, 15) is 8.78 Å². The van der Waals surface area contributed by atoms with Gasteiger partial charge in [0, 0.05) is 39.3 Å². The second-order valence-corrected chi connectivity index (χ2v) is 6.44. The fourth-order valence-electron chi connectivity index (χ4n) is 3.11. The van der Waals surface area contributed by atoms with Crippen molar-refractivity contribution in [3.05, 3.63) is 71.3 Å². The summed E-state index contributed by atoms with van der Waals surface area (Å²) in [5, 5.41) is 0. The summed E-state index contributed by atoms with van der Waals surface area (Å²) in [5.41, 5.74) is 2.38. The summed E-state index contributed by atoms with van der Waals surface area (Å²) < 4.78 is 25.8. The van der Waals surface area contributed by atoms with Gasteiger partial charge < -0.3 is 9.80 Å². The molecule has 1 saturated heterocycles. The third-order valence-corrected chi connectivity index (χ3v) is 4.72. The van der Waals surface area contributed by atoms with E-state index < -0.39 is 0 Å². The predicted octanol–water partition coefficient (Wildman–Crippen LogP) is 4.21. The fraction of sp³-hybridized carbons (Fsp3) is 0.400. The molecule has 6 heteroatoms. The molecule has 0 amide bonds. The quantitative estimate of drug-likeness (QED) is 0.713. The fourth-order valence-corrected chi connectivity index (χ4v) is 3.11. The van der Waals surface area contributed by atoms with Crippen LogP contribution in [0.2, 0.25) is 0 Å². The van der Waals surface area contributed by atoms with Gasteiger partial charge in [-0.05, 0) is 48.2 Å². The highest BCUT2D eigenvalue weighted by atomic mass is 35.5. The summed E-state index contributed by atoms with van der Waals surface area (Å²) in [5.74, 6) is -0.345. The SMILES string of the molecule is Cl.Cl.Fc1ccc(CCN2CCN(CCc3ccc(F)cc3)CC2)cc1. The lowest BCUT2D eigenvalue weighted by molar-refractivity contribution is 0.134. The van der Waals surface area contributed by atoms with Crippen LogP contribution in [-0.2, 0) is 12.8 Å². The molecule has 1 heterocycles. The van der Waals surface area contributed by atoms with Crippen molar-refractivity contribution in [3.8, 4) is 0 Å². The van der Waals surface area contributed by atoms with E-state index in [0.29, 0.717) is 0 Å². The number of nitrogens with zero attached hydrogens (tertiary/aromatic N) is 2. The van der Waals surface area contributed by atoms with E-state index >= 15 is 0 Å². The van der Waals surface area contributed by atoms with Gasteiger partial charge in [0.25, 0.3) is 0 Å². The van der Waals surface area contributed by atoms with Gasteiger partial charge in [-0.15, -0.1) is 24.8 Å².